The number of phosphoric ester groups is 3. The van der Waals surface area contributed by atoms with Crippen LogP contribution in [0.25, 0.3) is 0 Å². The van der Waals surface area contributed by atoms with E-state index in [1.807, 2.05) is 0 Å². The molecule has 1 aliphatic carbocycles. The summed E-state index contributed by atoms with van der Waals surface area (Å²) in [5.41, 5.74) is 0. The molecule has 0 aromatic heterocycles. The number of phosphoric acid groups is 3. The topological polar surface area (TPSA) is 379 Å². The summed E-state index contributed by atoms with van der Waals surface area (Å²) >= 11 is 0. The molecular formula is C6H24N3O15P3. The third kappa shape index (κ3) is 9.91. The van der Waals surface area contributed by atoms with Crippen LogP contribution in [0.15, 0.2) is 0 Å². The van der Waals surface area contributed by atoms with E-state index < -0.39 is 60.1 Å². The van der Waals surface area contributed by atoms with Gasteiger partial charge in [-0.05, 0) is 0 Å². The molecule has 0 heterocycles. The van der Waals surface area contributed by atoms with E-state index in [1.54, 1.807) is 0 Å². The molecule has 0 amide bonds. The lowest BCUT2D eigenvalue weighted by atomic mass is 9.85. The van der Waals surface area contributed by atoms with E-state index in [0.29, 0.717) is 0 Å². The van der Waals surface area contributed by atoms with Gasteiger partial charge in [0.05, 0.1) is 0 Å². The summed E-state index contributed by atoms with van der Waals surface area (Å²) in [7, 11) is -17.0. The van der Waals surface area contributed by atoms with Crippen molar-refractivity contribution >= 4 is 23.5 Å². The Morgan fingerprint density at radius 3 is 1.07 bits per heavy atom. The number of hydrogen-bond acceptors (Lipinski definition) is 12. The van der Waals surface area contributed by atoms with Gasteiger partial charge in [0.2, 0.25) is 0 Å². The molecule has 27 heavy (non-hydrogen) atoms. The highest BCUT2D eigenvalue weighted by Crippen LogP contribution is 2.45. The SMILES string of the molecule is O=P([O-])(O)OC1C(OP(=O)([O-])O)[C@@H](O)C(O)[C@@H](OP(=O)([O-])O)C1O.[NH4+].[NH4+].[NH4+]. The first-order valence-electron chi connectivity index (χ1n) is 5.72. The summed E-state index contributed by atoms with van der Waals surface area (Å²) in [5.74, 6) is 0. The summed E-state index contributed by atoms with van der Waals surface area (Å²) in [6.45, 7) is 0. The maximum Gasteiger partial charge on any atom is 0.265 e. The molecule has 0 spiro atoms. The Kier molecular flexibility index (Phi) is 12.6. The van der Waals surface area contributed by atoms with Gasteiger partial charge in [0, 0.05) is 0 Å². The summed E-state index contributed by atoms with van der Waals surface area (Å²) in [4.78, 5) is 58.0. The van der Waals surface area contributed by atoms with Gasteiger partial charge < -0.3 is 76.7 Å². The molecule has 1 saturated carbocycles. The van der Waals surface area contributed by atoms with E-state index in [4.69, 9.17) is 14.7 Å². The van der Waals surface area contributed by atoms with Crippen LogP contribution in [0.4, 0.5) is 0 Å². The van der Waals surface area contributed by atoms with Gasteiger partial charge in [-0.3, -0.25) is 13.7 Å². The summed E-state index contributed by atoms with van der Waals surface area (Å²) in [6, 6.07) is 0. The highest BCUT2D eigenvalue weighted by atomic mass is 31.2. The fourth-order valence-corrected chi connectivity index (χ4v) is 3.66. The highest BCUT2D eigenvalue weighted by molar-refractivity contribution is 7.45. The fourth-order valence-electron chi connectivity index (χ4n) is 2.00. The molecule has 18 N–H and O–H groups in total. The molecule has 0 aliphatic heterocycles. The van der Waals surface area contributed by atoms with Crippen LogP contribution in [0.5, 0.6) is 0 Å². The van der Waals surface area contributed by atoms with E-state index in [2.05, 4.69) is 13.6 Å². The first-order chi connectivity index (χ1) is 10.5. The first-order valence-corrected chi connectivity index (χ1v) is 10.2. The van der Waals surface area contributed by atoms with Gasteiger partial charge >= 0.3 is 0 Å². The zero-order valence-electron chi connectivity index (χ0n) is 14.2. The first kappa shape index (κ1) is 31.8. The van der Waals surface area contributed by atoms with Crippen LogP contribution in [0.3, 0.4) is 0 Å². The molecule has 21 heteroatoms. The van der Waals surface area contributed by atoms with Crippen LogP contribution in [-0.4, -0.2) is 66.6 Å². The number of aliphatic hydroxyl groups is 3. The predicted molar refractivity (Wildman–Crippen MR) is 80.1 cm³/mol. The van der Waals surface area contributed by atoms with E-state index in [9.17, 15) is 43.7 Å². The average molecular weight is 471 g/mol. The minimum absolute atomic E-state index is 0. The van der Waals surface area contributed by atoms with Gasteiger partial charge in [0.1, 0.15) is 36.6 Å². The normalized spacial score (nSPS) is 37.2. The van der Waals surface area contributed by atoms with Crippen LogP contribution in [0.1, 0.15) is 0 Å². The molecule has 0 bridgehead atoms. The summed E-state index contributed by atoms with van der Waals surface area (Å²) < 4.78 is 43.9. The van der Waals surface area contributed by atoms with Crippen molar-refractivity contribution in [1.29, 1.82) is 0 Å². The molecule has 0 radical (unpaired) electrons. The minimum atomic E-state index is -5.72. The van der Waals surface area contributed by atoms with E-state index in [1.165, 1.54) is 0 Å². The largest absolute Gasteiger partial charge is 0.756 e. The maximum atomic E-state index is 10.8. The molecule has 168 valence electrons. The van der Waals surface area contributed by atoms with Crippen molar-refractivity contribution in [2.24, 2.45) is 0 Å². The highest BCUT2D eigenvalue weighted by Gasteiger charge is 2.54. The van der Waals surface area contributed by atoms with Crippen LogP contribution in [-0.2, 0) is 27.3 Å². The zero-order valence-corrected chi connectivity index (χ0v) is 16.8. The molecule has 7 unspecified atom stereocenters. The second-order valence-corrected chi connectivity index (χ2v) is 8.03. The standard InChI is InChI=1S/C6H15O15P3.3H3N/c7-1-2(8)5(20-23(13,14)15)6(21-24(16,17)18)3(9)4(1)19-22(10,11)12;;;/h1-9H,(H2,10,11,12)(H2,13,14,15)(H2,16,17,18);3*1H3/t1?,2-,3?,4+,5?,6?;;;/m0.../s1. The van der Waals surface area contributed by atoms with Crippen molar-refractivity contribution in [3.8, 4) is 0 Å². The fraction of sp³-hybridized carbons (Fsp3) is 1.00. The van der Waals surface area contributed by atoms with Crippen molar-refractivity contribution in [1.82, 2.24) is 18.5 Å². The lowest BCUT2D eigenvalue weighted by molar-refractivity contribution is -0.278. The van der Waals surface area contributed by atoms with Crippen LogP contribution in [0.2, 0.25) is 0 Å². The van der Waals surface area contributed by atoms with E-state index in [0.717, 1.165) is 0 Å². The van der Waals surface area contributed by atoms with Gasteiger partial charge in [-0.1, -0.05) is 0 Å². The Morgan fingerprint density at radius 2 is 0.778 bits per heavy atom. The molecule has 1 fully saturated rings. The summed E-state index contributed by atoms with van der Waals surface area (Å²) in [6.07, 6.45) is -15.0. The van der Waals surface area contributed by atoms with Gasteiger partial charge in [0.25, 0.3) is 23.5 Å². The number of rotatable bonds is 6. The lowest BCUT2D eigenvalue weighted by Gasteiger charge is -2.47. The van der Waals surface area contributed by atoms with Crippen molar-refractivity contribution in [2.75, 3.05) is 0 Å². The Labute approximate surface area is 151 Å². The van der Waals surface area contributed by atoms with Gasteiger partial charge in [-0.15, -0.1) is 0 Å². The quantitative estimate of drug-likeness (QED) is 0.165. The molecule has 0 aromatic rings. The van der Waals surface area contributed by atoms with Crippen molar-refractivity contribution < 1.29 is 71.9 Å². The maximum absolute atomic E-state index is 10.8. The second-order valence-electron chi connectivity index (χ2n) is 4.59. The van der Waals surface area contributed by atoms with E-state index in [-0.39, 0.29) is 18.5 Å². The Morgan fingerprint density at radius 1 is 0.556 bits per heavy atom. The van der Waals surface area contributed by atoms with Gasteiger partial charge in [-0.25, -0.2) is 0 Å². The Balaban J connectivity index is -0.00000192. The smallest absolute Gasteiger partial charge is 0.265 e. The predicted octanol–water partition coefficient (Wildman–Crippen LogP) is -4.25. The van der Waals surface area contributed by atoms with Crippen molar-refractivity contribution in [3.63, 3.8) is 0 Å². The third-order valence-electron chi connectivity index (χ3n) is 2.78. The third-order valence-corrected chi connectivity index (χ3v) is 4.31. The molecule has 1 rings (SSSR count). The number of hydrogen-bond donors (Lipinski definition) is 9. The zero-order chi connectivity index (χ0) is 19.1. The van der Waals surface area contributed by atoms with Crippen LogP contribution >= 0.6 is 23.5 Å². The lowest BCUT2D eigenvalue weighted by Crippen LogP contribution is -2.65. The Bertz CT molecular complexity index is 587. The molecule has 0 saturated heterocycles. The molecular weight excluding hydrogens is 447 g/mol. The monoisotopic (exact) mass is 471 g/mol. The Hall–Kier alpha value is 0.0900. The molecule has 1 aliphatic rings. The van der Waals surface area contributed by atoms with E-state index >= 15 is 0 Å². The molecule has 18 nitrogen and oxygen atoms in total. The van der Waals surface area contributed by atoms with Crippen molar-refractivity contribution in [3.05, 3.63) is 0 Å². The molecule has 0 aromatic carbocycles. The number of quaternary nitrogens is 3. The second kappa shape index (κ2) is 10.7. The van der Waals surface area contributed by atoms with Gasteiger partial charge in [-0.2, -0.15) is 0 Å². The summed E-state index contributed by atoms with van der Waals surface area (Å²) in [5, 5.41) is 29.1. The average Bonchev–Trinajstić information content (AvgIpc) is 2.32. The van der Waals surface area contributed by atoms with Crippen LogP contribution in [0, 0.1) is 0 Å². The molecule has 9 atom stereocenters. The van der Waals surface area contributed by atoms with Crippen LogP contribution < -0.4 is 33.1 Å². The van der Waals surface area contributed by atoms with Crippen molar-refractivity contribution in [2.45, 2.75) is 36.6 Å². The minimum Gasteiger partial charge on any atom is -0.756 e. The van der Waals surface area contributed by atoms with Gasteiger partial charge in [0.15, 0.2) is 0 Å². The number of aliphatic hydroxyl groups excluding tert-OH is 3.